The number of halogens is 1. The Morgan fingerprint density at radius 2 is 2.07 bits per heavy atom. The lowest BCUT2D eigenvalue weighted by Crippen LogP contribution is -2.22. The van der Waals surface area contributed by atoms with Gasteiger partial charge < -0.3 is 4.90 Å². The van der Waals surface area contributed by atoms with Crippen molar-refractivity contribution in [3.8, 4) is 0 Å². The molecule has 2 unspecified atom stereocenters. The first-order chi connectivity index (χ1) is 7.20. The molecule has 0 saturated carbocycles. The smallest absolute Gasteiger partial charge is 0.225 e. The van der Waals surface area contributed by atoms with Crippen molar-refractivity contribution < 1.29 is 4.39 Å². The summed E-state index contributed by atoms with van der Waals surface area (Å²) in [4.78, 5) is 10.6. The lowest BCUT2D eigenvalue weighted by atomic mass is 10.0. The van der Waals surface area contributed by atoms with E-state index in [0.29, 0.717) is 5.92 Å². The van der Waals surface area contributed by atoms with Gasteiger partial charge in [0.25, 0.3) is 0 Å². The molecule has 3 nitrogen and oxygen atoms in total. The van der Waals surface area contributed by atoms with Crippen LogP contribution in [0.25, 0.3) is 0 Å². The zero-order chi connectivity index (χ0) is 10.8. The van der Waals surface area contributed by atoms with E-state index < -0.39 is 0 Å². The number of alkyl halides is 1. The van der Waals surface area contributed by atoms with Gasteiger partial charge in [0.15, 0.2) is 0 Å². The molecule has 0 bridgehead atoms. The highest BCUT2D eigenvalue weighted by Gasteiger charge is 2.30. The average molecular weight is 209 g/mol. The molecule has 1 saturated heterocycles. The second-order valence-corrected chi connectivity index (χ2v) is 4.36. The Balaban J connectivity index is 2.10. The van der Waals surface area contributed by atoms with Crippen molar-refractivity contribution in [2.45, 2.75) is 13.8 Å². The zero-order valence-corrected chi connectivity index (χ0v) is 9.15. The summed E-state index contributed by atoms with van der Waals surface area (Å²) in [7, 11) is 0. The number of aromatic nitrogens is 2. The molecule has 15 heavy (non-hydrogen) atoms. The van der Waals surface area contributed by atoms with Gasteiger partial charge in [0.1, 0.15) is 0 Å². The van der Waals surface area contributed by atoms with Crippen LogP contribution in [0.15, 0.2) is 12.4 Å². The van der Waals surface area contributed by atoms with E-state index in [1.54, 1.807) is 12.4 Å². The maximum Gasteiger partial charge on any atom is 0.225 e. The fraction of sp³-hybridized carbons (Fsp3) is 0.636. The van der Waals surface area contributed by atoms with E-state index in [-0.39, 0.29) is 12.6 Å². The predicted molar refractivity (Wildman–Crippen MR) is 57.6 cm³/mol. The topological polar surface area (TPSA) is 29.0 Å². The Bertz CT molecular complexity index is 325. The highest BCUT2D eigenvalue weighted by atomic mass is 19.1. The molecule has 82 valence electrons. The van der Waals surface area contributed by atoms with Crippen LogP contribution in [-0.2, 0) is 0 Å². The first-order valence-corrected chi connectivity index (χ1v) is 5.30. The van der Waals surface area contributed by atoms with Crippen molar-refractivity contribution >= 4 is 5.95 Å². The molecule has 1 aromatic heterocycles. The Hall–Kier alpha value is -1.19. The van der Waals surface area contributed by atoms with Crippen LogP contribution in [0.1, 0.15) is 12.5 Å². The van der Waals surface area contributed by atoms with E-state index in [1.165, 1.54) is 0 Å². The number of hydrogen-bond acceptors (Lipinski definition) is 3. The SMILES string of the molecule is Cc1cnc(N2CC(C)C(CF)C2)nc1. The number of hydrogen-bond donors (Lipinski definition) is 0. The molecule has 2 heterocycles. The maximum absolute atomic E-state index is 12.6. The second kappa shape index (κ2) is 4.13. The summed E-state index contributed by atoms with van der Waals surface area (Å²) in [6, 6.07) is 0. The van der Waals surface area contributed by atoms with Gasteiger partial charge in [0.05, 0.1) is 6.67 Å². The molecule has 0 aliphatic carbocycles. The molecular weight excluding hydrogens is 193 g/mol. The quantitative estimate of drug-likeness (QED) is 0.744. The van der Waals surface area contributed by atoms with Crippen LogP contribution in [0.3, 0.4) is 0 Å². The molecule has 0 N–H and O–H groups in total. The summed E-state index contributed by atoms with van der Waals surface area (Å²) in [6.07, 6.45) is 3.60. The highest BCUT2D eigenvalue weighted by Crippen LogP contribution is 2.25. The van der Waals surface area contributed by atoms with E-state index in [0.717, 1.165) is 24.6 Å². The van der Waals surface area contributed by atoms with Gasteiger partial charge in [0, 0.05) is 31.4 Å². The van der Waals surface area contributed by atoms with Gasteiger partial charge in [-0.25, -0.2) is 9.97 Å². The normalized spacial score (nSPS) is 25.9. The summed E-state index contributed by atoms with van der Waals surface area (Å²) in [5, 5.41) is 0. The highest BCUT2D eigenvalue weighted by molar-refractivity contribution is 5.32. The summed E-state index contributed by atoms with van der Waals surface area (Å²) < 4.78 is 12.6. The molecular formula is C11H16FN3. The Morgan fingerprint density at radius 3 is 2.60 bits per heavy atom. The first kappa shape index (κ1) is 10.3. The van der Waals surface area contributed by atoms with E-state index in [9.17, 15) is 4.39 Å². The fourth-order valence-electron chi connectivity index (χ4n) is 1.95. The number of nitrogens with zero attached hydrogens (tertiary/aromatic N) is 3. The van der Waals surface area contributed by atoms with Crippen molar-refractivity contribution in [2.75, 3.05) is 24.7 Å². The van der Waals surface area contributed by atoms with Crippen LogP contribution in [-0.4, -0.2) is 29.7 Å². The second-order valence-electron chi connectivity index (χ2n) is 4.36. The third kappa shape index (κ3) is 2.08. The molecule has 0 amide bonds. The zero-order valence-electron chi connectivity index (χ0n) is 9.15. The van der Waals surface area contributed by atoms with Crippen LogP contribution in [0.4, 0.5) is 10.3 Å². The third-order valence-electron chi connectivity index (χ3n) is 3.02. The van der Waals surface area contributed by atoms with Crippen molar-refractivity contribution in [3.05, 3.63) is 18.0 Å². The minimum Gasteiger partial charge on any atom is -0.340 e. The van der Waals surface area contributed by atoms with Crippen LogP contribution in [0.5, 0.6) is 0 Å². The minimum absolute atomic E-state index is 0.134. The molecule has 4 heteroatoms. The van der Waals surface area contributed by atoms with Gasteiger partial charge in [0.2, 0.25) is 5.95 Å². The van der Waals surface area contributed by atoms with Gasteiger partial charge in [-0.3, -0.25) is 4.39 Å². The number of anilines is 1. The summed E-state index contributed by atoms with van der Waals surface area (Å²) in [6.45, 7) is 5.39. The summed E-state index contributed by atoms with van der Waals surface area (Å²) >= 11 is 0. The lowest BCUT2D eigenvalue weighted by Gasteiger charge is -2.15. The molecule has 0 radical (unpaired) electrons. The molecule has 1 aliphatic rings. The molecule has 2 atom stereocenters. The van der Waals surface area contributed by atoms with E-state index in [1.807, 2.05) is 6.92 Å². The van der Waals surface area contributed by atoms with Crippen molar-refractivity contribution in [3.63, 3.8) is 0 Å². The van der Waals surface area contributed by atoms with Crippen molar-refractivity contribution in [2.24, 2.45) is 11.8 Å². The Labute approximate surface area is 89.3 Å². The molecule has 0 aromatic carbocycles. The first-order valence-electron chi connectivity index (χ1n) is 5.30. The molecule has 1 fully saturated rings. The Morgan fingerprint density at radius 1 is 1.40 bits per heavy atom. The average Bonchev–Trinajstić information content (AvgIpc) is 2.61. The lowest BCUT2D eigenvalue weighted by molar-refractivity contribution is 0.329. The van der Waals surface area contributed by atoms with Gasteiger partial charge in [-0.2, -0.15) is 0 Å². The van der Waals surface area contributed by atoms with Crippen LogP contribution in [0, 0.1) is 18.8 Å². The maximum atomic E-state index is 12.6. The van der Waals surface area contributed by atoms with Crippen LogP contribution < -0.4 is 4.90 Å². The van der Waals surface area contributed by atoms with Crippen LogP contribution >= 0.6 is 0 Å². The van der Waals surface area contributed by atoms with Crippen LogP contribution in [0.2, 0.25) is 0 Å². The number of aryl methyl sites for hydroxylation is 1. The summed E-state index contributed by atoms with van der Waals surface area (Å²) in [5.41, 5.74) is 1.05. The molecule has 1 aromatic rings. The molecule has 2 rings (SSSR count). The fourth-order valence-corrected chi connectivity index (χ4v) is 1.95. The largest absolute Gasteiger partial charge is 0.340 e. The van der Waals surface area contributed by atoms with Gasteiger partial charge in [-0.1, -0.05) is 6.92 Å². The van der Waals surface area contributed by atoms with Gasteiger partial charge in [-0.05, 0) is 18.4 Å². The predicted octanol–water partition coefficient (Wildman–Crippen LogP) is 1.83. The summed E-state index contributed by atoms with van der Waals surface area (Å²) in [5.74, 6) is 1.25. The molecule has 1 aliphatic heterocycles. The Kier molecular flexibility index (Phi) is 2.84. The number of rotatable bonds is 2. The van der Waals surface area contributed by atoms with Gasteiger partial charge in [-0.15, -0.1) is 0 Å². The molecule has 0 spiro atoms. The van der Waals surface area contributed by atoms with Crippen molar-refractivity contribution in [1.82, 2.24) is 9.97 Å². The standard InChI is InChI=1S/C11H16FN3/c1-8-4-13-11(14-5-8)15-6-9(2)10(3-12)7-15/h4-5,9-10H,3,6-7H2,1-2H3. The van der Waals surface area contributed by atoms with Crippen molar-refractivity contribution in [1.29, 1.82) is 0 Å². The van der Waals surface area contributed by atoms with Gasteiger partial charge >= 0.3 is 0 Å². The minimum atomic E-state index is -0.246. The monoisotopic (exact) mass is 209 g/mol. The van der Waals surface area contributed by atoms with E-state index in [2.05, 4.69) is 21.8 Å². The third-order valence-corrected chi connectivity index (χ3v) is 3.02. The van der Waals surface area contributed by atoms with E-state index in [4.69, 9.17) is 0 Å². The van der Waals surface area contributed by atoms with E-state index >= 15 is 0 Å².